The minimum absolute atomic E-state index is 0.0262. The molecule has 2 amide bonds. The Kier molecular flexibility index (Phi) is 7.95. The first-order valence-corrected chi connectivity index (χ1v) is 14.3. The molecule has 4 rings (SSSR count). The van der Waals surface area contributed by atoms with Crippen molar-refractivity contribution in [1.29, 1.82) is 5.26 Å². The standard InChI is InChI=1S/C25H33ClN4O5S/c1-17-13-18(26)3-4-22(17)36(33,34)19-14-20(21(15-19)24(32)30-9-11-35-12-10-30)23(31)28-25(16-27)5-7-29(2)8-6-25/h3-4,13,19-21H,5-12,14-15H2,1-2H3,(H,28,31). The second kappa shape index (κ2) is 10.7. The van der Waals surface area contributed by atoms with E-state index in [4.69, 9.17) is 16.3 Å². The number of amides is 2. The van der Waals surface area contributed by atoms with Crippen molar-refractivity contribution in [2.45, 2.75) is 48.3 Å². The van der Waals surface area contributed by atoms with Crippen LogP contribution in [0.2, 0.25) is 5.02 Å². The maximum atomic E-state index is 13.6. The van der Waals surface area contributed by atoms with E-state index in [0.29, 0.717) is 62.8 Å². The zero-order chi connectivity index (χ0) is 26.1. The maximum absolute atomic E-state index is 13.6. The molecule has 196 valence electrons. The van der Waals surface area contributed by atoms with Crippen LogP contribution >= 0.6 is 11.6 Å². The zero-order valence-electron chi connectivity index (χ0n) is 20.7. The molecular weight excluding hydrogens is 504 g/mol. The predicted octanol–water partition coefficient (Wildman–Crippen LogP) is 1.78. The van der Waals surface area contributed by atoms with Gasteiger partial charge < -0.3 is 19.9 Å². The van der Waals surface area contributed by atoms with Crippen LogP contribution in [0.3, 0.4) is 0 Å². The van der Waals surface area contributed by atoms with Crippen LogP contribution in [-0.4, -0.2) is 87.3 Å². The summed E-state index contributed by atoms with van der Waals surface area (Å²) in [6.45, 7) is 4.66. The molecule has 1 N–H and O–H groups in total. The van der Waals surface area contributed by atoms with Crippen LogP contribution in [0.1, 0.15) is 31.2 Å². The molecule has 1 aromatic rings. The van der Waals surface area contributed by atoms with E-state index < -0.39 is 38.4 Å². The number of likely N-dealkylation sites (tertiary alicyclic amines) is 1. The molecule has 36 heavy (non-hydrogen) atoms. The molecule has 3 fully saturated rings. The number of carbonyl (C=O) groups is 2. The first-order valence-electron chi connectivity index (χ1n) is 12.3. The number of hydrogen-bond acceptors (Lipinski definition) is 7. The maximum Gasteiger partial charge on any atom is 0.226 e. The van der Waals surface area contributed by atoms with Crippen molar-refractivity contribution < 1.29 is 22.7 Å². The molecule has 0 bridgehead atoms. The fraction of sp³-hybridized carbons (Fsp3) is 0.640. The summed E-state index contributed by atoms with van der Waals surface area (Å²) in [5.41, 5.74) is -0.485. The number of aryl methyl sites for hydroxylation is 1. The number of piperidine rings is 1. The molecule has 9 nitrogen and oxygen atoms in total. The van der Waals surface area contributed by atoms with Gasteiger partial charge >= 0.3 is 0 Å². The molecule has 2 aliphatic heterocycles. The van der Waals surface area contributed by atoms with Crippen LogP contribution in [0.25, 0.3) is 0 Å². The Morgan fingerprint density at radius 2 is 1.78 bits per heavy atom. The van der Waals surface area contributed by atoms with Gasteiger partial charge in [-0.2, -0.15) is 5.26 Å². The molecule has 1 aliphatic carbocycles. The Bertz CT molecular complexity index is 1150. The van der Waals surface area contributed by atoms with Gasteiger partial charge in [0.15, 0.2) is 9.84 Å². The molecule has 1 saturated carbocycles. The predicted molar refractivity (Wildman–Crippen MR) is 134 cm³/mol. The molecule has 0 aromatic heterocycles. The fourth-order valence-electron chi connectivity index (χ4n) is 5.53. The second-order valence-electron chi connectivity index (χ2n) is 10.2. The molecule has 3 unspecified atom stereocenters. The van der Waals surface area contributed by atoms with Crippen molar-refractivity contribution in [3.63, 3.8) is 0 Å². The van der Waals surface area contributed by atoms with Gasteiger partial charge in [0.1, 0.15) is 5.54 Å². The van der Waals surface area contributed by atoms with Crippen LogP contribution in [0.4, 0.5) is 0 Å². The minimum Gasteiger partial charge on any atom is -0.378 e. The van der Waals surface area contributed by atoms with Gasteiger partial charge in [0.05, 0.1) is 41.3 Å². The molecule has 0 spiro atoms. The van der Waals surface area contributed by atoms with Gasteiger partial charge in [-0.3, -0.25) is 9.59 Å². The normalized spacial score (nSPS) is 26.8. The molecule has 3 atom stereocenters. The highest BCUT2D eigenvalue weighted by molar-refractivity contribution is 7.92. The van der Waals surface area contributed by atoms with Gasteiger partial charge in [-0.1, -0.05) is 11.6 Å². The SMILES string of the molecule is Cc1cc(Cl)ccc1S(=O)(=O)C1CC(C(=O)NC2(C#N)CCN(C)CC2)C(C(=O)N2CCOCC2)C1. The average Bonchev–Trinajstić information content (AvgIpc) is 3.32. The van der Waals surface area contributed by atoms with E-state index in [9.17, 15) is 23.3 Å². The van der Waals surface area contributed by atoms with Crippen molar-refractivity contribution in [1.82, 2.24) is 15.1 Å². The van der Waals surface area contributed by atoms with E-state index in [1.807, 2.05) is 7.05 Å². The topological polar surface area (TPSA) is 120 Å². The van der Waals surface area contributed by atoms with Crippen LogP contribution in [-0.2, 0) is 24.2 Å². The third-order valence-corrected chi connectivity index (χ3v) is 10.4. The monoisotopic (exact) mass is 536 g/mol. The molecule has 3 aliphatic rings. The zero-order valence-corrected chi connectivity index (χ0v) is 22.3. The lowest BCUT2D eigenvalue weighted by molar-refractivity contribution is -0.144. The summed E-state index contributed by atoms with van der Waals surface area (Å²) in [6.07, 6.45) is 1.04. The Hall–Kier alpha value is -2.19. The van der Waals surface area contributed by atoms with Crippen LogP contribution < -0.4 is 5.32 Å². The van der Waals surface area contributed by atoms with E-state index in [0.717, 1.165) is 0 Å². The third kappa shape index (κ3) is 5.40. The van der Waals surface area contributed by atoms with Crippen molar-refractivity contribution in [3.8, 4) is 6.07 Å². The van der Waals surface area contributed by atoms with Crippen molar-refractivity contribution in [2.75, 3.05) is 46.4 Å². The third-order valence-electron chi connectivity index (χ3n) is 7.80. The minimum atomic E-state index is -3.82. The van der Waals surface area contributed by atoms with E-state index in [1.165, 1.54) is 12.1 Å². The number of ether oxygens (including phenoxy) is 1. The first kappa shape index (κ1) is 26.9. The van der Waals surface area contributed by atoms with Crippen LogP contribution in [0, 0.1) is 30.1 Å². The number of sulfone groups is 1. The number of benzene rings is 1. The van der Waals surface area contributed by atoms with E-state index >= 15 is 0 Å². The molecule has 11 heteroatoms. The second-order valence-corrected chi connectivity index (χ2v) is 12.8. The summed E-state index contributed by atoms with van der Waals surface area (Å²) in [5, 5.41) is 12.4. The summed E-state index contributed by atoms with van der Waals surface area (Å²) < 4.78 is 32.7. The van der Waals surface area contributed by atoms with Crippen molar-refractivity contribution >= 4 is 33.3 Å². The number of rotatable bonds is 5. The van der Waals surface area contributed by atoms with Gasteiger partial charge in [0.25, 0.3) is 0 Å². The number of nitriles is 1. The van der Waals surface area contributed by atoms with Gasteiger partial charge in [-0.05, 0) is 63.4 Å². The fourth-order valence-corrected chi connectivity index (χ4v) is 7.80. The summed E-state index contributed by atoms with van der Waals surface area (Å²) in [4.78, 5) is 31.0. The number of hydrogen-bond donors (Lipinski definition) is 1. The summed E-state index contributed by atoms with van der Waals surface area (Å²) in [5.74, 6) is -2.26. The lowest BCUT2D eigenvalue weighted by Gasteiger charge is -2.37. The number of nitrogens with zero attached hydrogens (tertiary/aromatic N) is 3. The Balaban J connectivity index is 1.61. The lowest BCUT2D eigenvalue weighted by atomic mass is 9.86. The number of carbonyl (C=O) groups excluding carboxylic acids is 2. The molecule has 2 saturated heterocycles. The highest BCUT2D eigenvalue weighted by Gasteiger charge is 2.50. The number of morpholine rings is 1. The average molecular weight is 537 g/mol. The molecule has 1 aromatic carbocycles. The molecular formula is C25H33ClN4O5S. The summed E-state index contributed by atoms with van der Waals surface area (Å²) in [6, 6.07) is 6.90. The highest BCUT2D eigenvalue weighted by Crippen LogP contribution is 2.41. The first-order chi connectivity index (χ1) is 17.1. The van der Waals surface area contributed by atoms with Gasteiger partial charge in [-0.25, -0.2) is 8.42 Å². The van der Waals surface area contributed by atoms with Crippen molar-refractivity contribution in [2.24, 2.45) is 11.8 Å². The van der Waals surface area contributed by atoms with E-state index in [2.05, 4.69) is 16.3 Å². The number of nitrogens with one attached hydrogen (secondary N) is 1. The largest absolute Gasteiger partial charge is 0.378 e. The summed E-state index contributed by atoms with van der Waals surface area (Å²) >= 11 is 6.03. The van der Waals surface area contributed by atoms with Gasteiger partial charge in [-0.15, -0.1) is 0 Å². The Labute approximate surface area is 217 Å². The van der Waals surface area contributed by atoms with E-state index in [1.54, 1.807) is 17.9 Å². The van der Waals surface area contributed by atoms with Gasteiger partial charge in [0, 0.05) is 31.2 Å². The van der Waals surface area contributed by atoms with E-state index in [-0.39, 0.29) is 23.6 Å². The smallest absolute Gasteiger partial charge is 0.226 e. The Morgan fingerprint density at radius 3 is 2.39 bits per heavy atom. The summed E-state index contributed by atoms with van der Waals surface area (Å²) in [7, 11) is -1.85. The molecule has 0 radical (unpaired) electrons. The van der Waals surface area contributed by atoms with Crippen LogP contribution in [0.15, 0.2) is 23.1 Å². The molecule has 2 heterocycles. The van der Waals surface area contributed by atoms with Crippen LogP contribution in [0.5, 0.6) is 0 Å². The number of halogens is 1. The lowest BCUT2D eigenvalue weighted by Crippen LogP contribution is -2.56. The van der Waals surface area contributed by atoms with Gasteiger partial charge in [0.2, 0.25) is 11.8 Å². The van der Waals surface area contributed by atoms with Crippen molar-refractivity contribution in [3.05, 3.63) is 28.8 Å². The quantitative estimate of drug-likeness (QED) is 0.609. The highest BCUT2D eigenvalue weighted by atomic mass is 35.5. The Morgan fingerprint density at radius 1 is 1.14 bits per heavy atom.